The van der Waals surface area contributed by atoms with Gasteiger partial charge in [0.15, 0.2) is 6.61 Å². The van der Waals surface area contributed by atoms with Crippen molar-refractivity contribution in [3.63, 3.8) is 0 Å². The maximum atomic E-state index is 12.4. The second-order valence-corrected chi connectivity index (χ2v) is 7.49. The lowest BCUT2D eigenvalue weighted by Gasteiger charge is -2.36. The van der Waals surface area contributed by atoms with E-state index in [1.54, 1.807) is 24.1 Å². The number of esters is 1. The molecule has 1 aromatic carbocycles. The zero-order valence-electron chi connectivity index (χ0n) is 17.0. The van der Waals surface area contributed by atoms with Gasteiger partial charge in [-0.1, -0.05) is 0 Å². The Morgan fingerprint density at radius 1 is 1.07 bits per heavy atom. The van der Waals surface area contributed by atoms with E-state index in [1.165, 1.54) is 6.20 Å². The second-order valence-electron chi connectivity index (χ2n) is 7.49. The molecular formula is C22H26N4O4. The molecule has 0 radical (unpaired) electrons. The van der Waals surface area contributed by atoms with E-state index in [0.29, 0.717) is 24.7 Å². The maximum Gasteiger partial charge on any atom is 0.340 e. The van der Waals surface area contributed by atoms with Crippen LogP contribution in [0.5, 0.6) is 5.75 Å². The fourth-order valence-corrected chi connectivity index (χ4v) is 3.35. The van der Waals surface area contributed by atoms with Crippen LogP contribution in [0.4, 0.5) is 11.5 Å². The number of hydrogen-bond acceptors (Lipinski definition) is 7. The summed E-state index contributed by atoms with van der Waals surface area (Å²) in [5.41, 5.74) is 1.44. The smallest absolute Gasteiger partial charge is 0.340 e. The Labute approximate surface area is 175 Å². The van der Waals surface area contributed by atoms with Crippen LogP contribution in [-0.2, 0) is 9.53 Å². The van der Waals surface area contributed by atoms with Crippen molar-refractivity contribution in [1.29, 1.82) is 0 Å². The number of carbonyl (C=O) groups excluding carboxylic acids is 2. The Bertz CT molecular complexity index is 873. The molecule has 1 amide bonds. The minimum absolute atomic E-state index is 0.183. The van der Waals surface area contributed by atoms with Crippen LogP contribution in [-0.4, -0.2) is 67.7 Å². The van der Waals surface area contributed by atoms with E-state index < -0.39 is 5.97 Å². The molecule has 1 aliphatic heterocycles. The number of nitrogens with zero attached hydrogens (tertiary/aromatic N) is 3. The van der Waals surface area contributed by atoms with Gasteiger partial charge in [0.1, 0.15) is 11.6 Å². The van der Waals surface area contributed by atoms with E-state index in [9.17, 15) is 9.59 Å². The first kappa shape index (κ1) is 20.0. The highest BCUT2D eigenvalue weighted by molar-refractivity contribution is 5.91. The number of benzene rings is 1. The minimum Gasteiger partial charge on any atom is -0.497 e. The van der Waals surface area contributed by atoms with Crippen molar-refractivity contribution < 1.29 is 19.1 Å². The molecule has 1 saturated carbocycles. The van der Waals surface area contributed by atoms with Gasteiger partial charge in [0, 0.05) is 44.1 Å². The fraction of sp³-hybridized carbons (Fsp3) is 0.409. The van der Waals surface area contributed by atoms with Crippen molar-refractivity contribution in [2.75, 3.05) is 50.1 Å². The van der Waals surface area contributed by atoms with Crippen molar-refractivity contribution in [3.8, 4) is 5.75 Å². The van der Waals surface area contributed by atoms with E-state index in [4.69, 9.17) is 9.47 Å². The van der Waals surface area contributed by atoms with Gasteiger partial charge in [-0.15, -0.1) is 0 Å². The van der Waals surface area contributed by atoms with Gasteiger partial charge in [-0.05, 0) is 49.2 Å². The van der Waals surface area contributed by atoms with Crippen LogP contribution in [0.25, 0.3) is 0 Å². The molecule has 1 N–H and O–H groups in total. The molecule has 0 spiro atoms. The number of ether oxygens (including phenoxy) is 2. The standard InChI is InChI=1S/C22H26N4O4/c1-29-19-7-5-18(6-8-19)25-10-12-26(13-11-25)21(27)15-30-22(28)16-2-9-20(23-14-16)24-17-3-4-17/h2,5-9,14,17H,3-4,10-13,15H2,1H3,(H,23,24). The summed E-state index contributed by atoms with van der Waals surface area (Å²) >= 11 is 0. The van der Waals surface area contributed by atoms with Crippen LogP contribution in [0.3, 0.4) is 0 Å². The number of piperazine rings is 1. The molecule has 1 aromatic heterocycles. The SMILES string of the molecule is COc1ccc(N2CCN(C(=O)COC(=O)c3ccc(NC4CC4)nc3)CC2)cc1. The number of methoxy groups -OCH3 is 1. The normalized spacial score (nSPS) is 16.2. The van der Waals surface area contributed by atoms with Gasteiger partial charge in [-0.25, -0.2) is 9.78 Å². The lowest BCUT2D eigenvalue weighted by Crippen LogP contribution is -2.49. The number of carbonyl (C=O) groups is 2. The van der Waals surface area contributed by atoms with Crippen molar-refractivity contribution in [2.24, 2.45) is 0 Å². The largest absolute Gasteiger partial charge is 0.497 e. The van der Waals surface area contributed by atoms with Gasteiger partial charge >= 0.3 is 5.97 Å². The summed E-state index contributed by atoms with van der Waals surface area (Å²) in [6.45, 7) is 2.37. The molecule has 2 fully saturated rings. The molecule has 0 bridgehead atoms. The average molecular weight is 410 g/mol. The van der Waals surface area contributed by atoms with Crippen molar-refractivity contribution in [3.05, 3.63) is 48.2 Å². The molecule has 8 nitrogen and oxygen atoms in total. The Morgan fingerprint density at radius 2 is 1.80 bits per heavy atom. The number of nitrogens with one attached hydrogen (secondary N) is 1. The first-order valence-electron chi connectivity index (χ1n) is 10.2. The predicted molar refractivity (Wildman–Crippen MR) is 113 cm³/mol. The summed E-state index contributed by atoms with van der Waals surface area (Å²) in [5, 5.41) is 3.26. The molecule has 2 heterocycles. The maximum absolute atomic E-state index is 12.4. The Kier molecular flexibility index (Phi) is 6.02. The van der Waals surface area contributed by atoms with E-state index in [2.05, 4.69) is 15.2 Å². The summed E-state index contributed by atoms with van der Waals surface area (Å²) in [6, 6.07) is 11.8. The highest BCUT2D eigenvalue weighted by atomic mass is 16.5. The van der Waals surface area contributed by atoms with Crippen molar-refractivity contribution in [2.45, 2.75) is 18.9 Å². The number of amides is 1. The molecule has 8 heteroatoms. The lowest BCUT2D eigenvalue weighted by atomic mass is 10.2. The molecule has 158 valence electrons. The van der Waals surface area contributed by atoms with Gasteiger partial charge < -0.3 is 24.6 Å². The molecule has 0 unspecified atom stereocenters. The molecule has 0 atom stereocenters. The lowest BCUT2D eigenvalue weighted by molar-refractivity contribution is -0.134. The van der Waals surface area contributed by atoms with Crippen LogP contribution >= 0.6 is 0 Å². The van der Waals surface area contributed by atoms with Crippen molar-refractivity contribution >= 4 is 23.4 Å². The molecule has 1 aliphatic carbocycles. The third-order valence-electron chi connectivity index (χ3n) is 5.33. The molecular weight excluding hydrogens is 384 g/mol. The van der Waals surface area contributed by atoms with Gasteiger partial charge in [-0.2, -0.15) is 0 Å². The van der Waals surface area contributed by atoms with Crippen LogP contribution < -0.4 is 15.0 Å². The highest BCUT2D eigenvalue weighted by Crippen LogP contribution is 2.23. The summed E-state index contributed by atoms with van der Waals surface area (Å²) in [7, 11) is 1.64. The Hall–Kier alpha value is -3.29. The van der Waals surface area contributed by atoms with E-state index in [0.717, 1.165) is 43.2 Å². The third kappa shape index (κ3) is 5.00. The molecule has 2 aromatic rings. The van der Waals surface area contributed by atoms with E-state index in [1.807, 2.05) is 24.3 Å². The van der Waals surface area contributed by atoms with Gasteiger partial charge in [0.05, 0.1) is 12.7 Å². The van der Waals surface area contributed by atoms with Gasteiger partial charge in [0.2, 0.25) is 0 Å². The van der Waals surface area contributed by atoms with Crippen LogP contribution in [0.1, 0.15) is 23.2 Å². The quantitative estimate of drug-likeness (QED) is 0.701. The molecule has 1 saturated heterocycles. The van der Waals surface area contributed by atoms with E-state index in [-0.39, 0.29) is 12.5 Å². The first-order chi connectivity index (χ1) is 14.6. The molecule has 2 aliphatic rings. The van der Waals surface area contributed by atoms with Crippen LogP contribution in [0, 0.1) is 0 Å². The number of rotatable bonds is 7. The number of anilines is 2. The molecule has 30 heavy (non-hydrogen) atoms. The average Bonchev–Trinajstić information content (AvgIpc) is 3.62. The monoisotopic (exact) mass is 410 g/mol. The van der Waals surface area contributed by atoms with Crippen LogP contribution in [0.2, 0.25) is 0 Å². The summed E-state index contributed by atoms with van der Waals surface area (Å²) < 4.78 is 10.4. The number of pyridine rings is 1. The number of hydrogen-bond donors (Lipinski definition) is 1. The predicted octanol–water partition coefficient (Wildman–Crippen LogP) is 2.17. The van der Waals surface area contributed by atoms with Gasteiger partial charge in [-0.3, -0.25) is 4.79 Å². The van der Waals surface area contributed by atoms with E-state index >= 15 is 0 Å². The summed E-state index contributed by atoms with van der Waals surface area (Å²) in [5.74, 6) is 0.849. The Morgan fingerprint density at radius 3 is 2.40 bits per heavy atom. The first-order valence-corrected chi connectivity index (χ1v) is 10.2. The molecule has 4 rings (SSSR count). The zero-order valence-corrected chi connectivity index (χ0v) is 17.0. The van der Waals surface area contributed by atoms with Gasteiger partial charge in [0.25, 0.3) is 5.91 Å². The minimum atomic E-state index is -0.536. The number of aromatic nitrogens is 1. The van der Waals surface area contributed by atoms with Crippen molar-refractivity contribution in [1.82, 2.24) is 9.88 Å². The van der Waals surface area contributed by atoms with Crippen LogP contribution in [0.15, 0.2) is 42.6 Å². The topological polar surface area (TPSA) is 84.0 Å². The summed E-state index contributed by atoms with van der Waals surface area (Å²) in [4.78, 5) is 32.8. The fourth-order valence-electron chi connectivity index (χ4n) is 3.35. The third-order valence-corrected chi connectivity index (χ3v) is 5.33. The second kappa shape index (κ2) is 9.02. The highest BCUT2D eigenvalue weighted by Gasteiger charge is 2.23. The Balaban J connectivity index is 1.21. The summed E-state index contributed by atoms with van der Waals surface area (Å²) in [6.07, 6.45) is 3.79. The zero-order chi connectivity index (χ0) is 20.9.